The second-order valence-corrected chi connectivity index (χ2v) is 6.15. The van der Waals surface area contributed by atoms with Gasteiger partial charge >= 0.3 is 0 Å². The molecule has 1 atom stereocenters. The van der Waals surface area contributed by atoms with Crippen LogP contribution >= 0.6 is 11.8 Å². The SMILES string of the molecule is Cc1ccnc(SCC(=O)N2CCC2c2ccc(F)cc2)n1. The maximum atomic E-state index is 13.0. The number of amides is 1. The van der Waals surface area contributed by atoms with Crippen molar-refractivity contribution in [1.82, 2.24) is 14.9 Å². The van der Waals surface area contributed by atoms with Gasteiger partial charge in [-0.15, -0.1) is 0 Å². The molecule has 3 rings (SSSR count). The molecule has 22 heavy (non-hydrogen) atoms. The summed E-state index contributed by atoms with van der Waals surface area (Å²) in [6, 6.07) is 8.25. The highest BCUT2D eigenvalue weighted by atomic mass is 32.2. The van der Waals surface area contributed by atoms with Gasteiger partial charge in [0.2, 0.25) is 5.91 Å². The minimum atomic E-state index is -0.256. The molecule has 1 aliphatic heterocycles. The molecule has 0 bridgehead atoms. The number of halogens is 1. The number of rotatable bonds is 4. The second-order valence-electron chi connectivity index (χ2n) is 5.21. The molecule has 2 heterocycles. The van der Waals surface area contributed by atoms with Gasteiger partial charge in [0.25, 0.3) is 0 Å². The third kappa shape index (κ3) is 3.27. The van der Waals surface area contributed by atoms with Gasteiger partial charge in [-0.05, 0) is 37.1 Å². The number of aryl methyl sites for hydroxylation is 1. The number of benzene rings is 1. The van der Waals surface area contributed by atoms with Gasteiger partial charge in [0.1, 0.15) is 5.82 Å². The maximum absolute atomic E-state index is 13.0. The summed E-state index contributed by atoms with van der Waals surface area (Å²) in [5, 5.41) is 0.618. The van der Waals surface area contributed by atoms with E-state index in [0.717, 1.165) is 24.2 Å². The van der Waals surface area contributed by atoms with Gasteiger partial charge in [-0.1, -0.05) is 23.9 Å². The van der Waals surface area contributed by atoms with E-state index in [0.29, 0.717) is 10.9 Å². The van der Waals surface area contributed by atoms with Crippen LogP contribution in [-0.4, -0.2) is 33.1 Å². The Morgan fingerprint density at radius 1 is 1.36 bits per heavy atom. The smallest absolute Gasteiger partial charge is 0.233 e. The molecule has 114 valence electrons. The Hall–Kier alpha value is -1.95. The van der Waals surface area contributed by atoms with Crippen molar-refractivity contribution in [1.29, 1.82) is 0 Å². The molecule has 0 radical (unpaired) electrons. The number of nitrogens with zero attached hydrogens (tertiary/aromatic N) is 3. The molecule has 0 N–H and O–H groups in total. The van der Waals surface area contributed by atoms with E-state index in [-0.39, 0.29) is 17.8 Å². The van der Waals surface area contributed by atoms with E-state index in [1.54, 1.807) is 18.3 Å². The van der Waals surface area contributed by atoms with Crippen molar-refractivity contribution in [2.24, 2.45) is 0 Å². The van der Waals surface area contributed by atoms with Crippen molar-refractivity contribution < 1.29 is 9.18 Å². The standard InChI is InChI=1S/C16H16FN3OS/c1-11-6-8-18-16(19-11)22-10-15(21)20-9-7-14(20)12-2-4-13(17)5-3-12/h2-6,8,14H,7,9-10H2,1H3. The van der Waals surface area contributed by atoms with Gasteiger partial charge < -0.3 is 4.90 Å². The summed E-state index contributed by atoms with van der Waals surface area (Å²) in [4.78, 5) is 22.6. The minimum Gasteiger partial charge on any atom is -0.335 e. The number of carbonyl (C=O) groups is 1. The first kappa shape index (κ1) is 15.0. The summed E-state index contributed by atoms with van der Waals surface area (Å²) in [5.41, 5.74) is 1.87. The number of thioether (sulfide) groups is 1. The summed E-state index contributed by atoms with van der Waals surface area (Å²) < 4.78 is 13.0. The summed E-state index contributed by atoms with van der Waals surface area (Å²) in [7, 11) is 0. The lowest BCUT2D eigenvalue weighted by Crippen LogP contribution is -2.46. The molecule has 2 aromatic rings. The van der Waals surface area contributed by atoms with Crippen LogP contribution in [0.15, 0.2) is 41.7 Å². The molecule has 1 aromatic carbocycles. The van der Waals surface area contributed by atoms with Gasteiger partial charge in [-0.25, -0.2) is 14.4 Å². The van der Waals surface area contributed by atoms with Crippen LogP contribution in [0.3, 0.4) is 0 Å². The van der Waals surface area contributed by atoms with Crippen LogP contribution in [0.2, 0.25) is 0 Å². The van der Waals surface area contributed by atoms with Gasteiger partial charge in [0, 0.05) is 18.4 Å². The average Bonchev–Trinajstić information content (AvgIpc) is 2.46. The largest absolute Gasteiger partial charge is 0.335 e. The van der Waals surface area contributed by atoms with Crippen LogP contribution in [0.25, 0.3) is 0 Å². The Kier molecular flexibility index (Phi) is 4.38. The predicted octanol–water partition coefficient (Wildman–Crippen LogP) is 2.99. The third-order valence-electron chi connectivity index (χ3n) is 3.69. The molecule has 0 saturated carbocycles. The van der Waals surface area contributed by atoms with E-state index < -0.39 is 0 Å². The Morgan fingerprint density at radius 3 is 2.77 bits per heavy atom. The Balaban J connectivity index is 1.59. The van der Waals surface area contributed by atoms with E-state index in [1.165, 1.54) is 23.9 Å². The molecule has 1 amide bonds. The normalized spacial score (nSPS) is 17.2. The molecule has 0 aliphatic carbocycles. The summed E-state index contributed by atoms with van der Waals surface area (Å²) in [6.45, 7) is 2.64. The van der Waals surface area contributed by atoms with Crippen LogP contribution in [-0.2, 0) is 4.79 Å². The summed E-state index contributed by atoms with van der Waals surface area (Å²) >= 11 is 1.35. The average molecular weight is 317 g/mol. The van der Waals surface area contributed by atoms with Crippen molar-refractivity contribution in [2.75, 3.05) is 12.3 Å². The van der Waals surface area contributed by atoms with Crippen LogP contribution in [0.1, 0.15) is 23.7 Å². The van der Waals surface area contributed by atoms with Gasteiger partial charge in [0.05, 0.1) is 11.8 Å². The fourth-order valence-corrected chi connectivity index (χ4v) is 3.18. The minimum absolute atomic E-state index is 0.0622. The topological polar surface area (TPSA) is 46.1 Å². The zero-order valence-electron chi connectivity index (χ0n) is 12.2. The van der Waals surface area contributed by atoms with E-state index in [9.17, 15) is 9.18 Å². The number of hydrogen-bond acceptors (Lipinski definition) is 4. The van der Waals surface area contributed by atoms with Crippen molar-refractivity contribution in [2.45, 2.75) is 24.5 Å². The van der Waals surface area contributed by atoms with Crippen molar-refractivity contribution in [3.63, 3.8) is 0 Å². The van der Waals surface area contributed by atoms with Gasteiger partial charge in [-0.2, -0.15) is 0 Å². The lowest BCUT2D eigenvalue weighted by molar-refractivity contribution is -0.136. The lowest BCUT2D eigenvalue weighted by atomic mass is 9.95. The zero-order chi connectivity index (χ0) is 15.5. The van der Waals surface area contributed by atoms with E-state index >= 15 is 0 Å². The number of likely N-dealkylation sites (tertiary alicyclic amines) is 1. The van der Waals surface area contributed by atoms with Crippen LogP contribution in [0, 0.1) is 12.7 Å². The second kappa shape index (κ2) is 6.44. The van der Waals surface area contributed by atoms with Gasteiger partial charge in [-0.3, -0.25) is 4.79 Å². The molecule has 1 unspecified atom stereocenters. The maximum Gasteiger partial charge on any atom is 0.233 e. The molecular formula is C16H16FN3OS. The Labute approximate surface area is 132 Å². The van der Waals surface area contributed by atoms with Crippen LogP contribution < -0.4 is 0 Å². The summed E-state index contributed by atoms with van der Waals surface area (Å²) in [6.07, 6.45) is 2.61. The summed E-state index contributed by atoms with van der Waals surface area (Å²) in [5.74, 6) is 0.130. The first-order valence-corrected chi connectivity index (χ1v) is 8.09. The van der Waals surface area contributed by atoms with Crippen LogP contribution in [0.4, 0.5) is 4.39 Å². The van der Waals surface area contributed by atoms with Crippen LogP contribution in [0.5, 0.6) is 0 Å². The van der Waals surface area contributed by atoms with E-state index in [2.05, 4.69) is 9.97 Å². The highest BCUT2D eigenvalue weighted by Crippen LogP contribution is 2.34. The number of carbonyl (C=O) groups excluding carboxylic acids is 1. The Bertz CT molecular complexity index is 677. The third-order valence-corrected chi connectivity index (χ3v) is 4.54. The highest BCUT2D eigenvalue weighted by molar-refractivity contribution is 7.99. The Morgan fingerprint density at radius 2 is 2.14 bits per heavy atom. The van der Waals surface area contributed by atoms with Crippen molar-refractivity contribution in [3.8, 4) is 0 Å². The quantitative estimate of drug-likeness (QED) is 0.642. The van der Waals surface area contributed by atoms with Gasteiger partial charge in [0.15, 0.2) is 5.16 Å². The lowest BCUT2D eigenvalue weighted by Gasteiger charge is -2.41. The predicted molar refractivity (Wildman–Crippen MR) is 83.0 cm³/mol. The molecular weight excluding hydrogens is 301 g/mol. The molecule has 4 nitrogen and oxygen atoms in total. The first-order chi connectivity index (χ1) is 10.6. The molecule has 6 heteroatoms. The molecule has 1 fully saturated rings. The molecule has 0 spiro atoms. The number of hydrogen-bond donors (Lipinski definition) is 0. The first-order valence-electron chi connectivity index (χ1n) is 7.11. The zero-order valence-corrected chi connectivity index (χ0v) is 13.0. The molecule has 1 saturated heterocycles. The monoisotopic (exact) mass is 317 g/mol. The number of aromatic nitrogens is 2. The molecule has 1 aromatic heterocycles. The van der Waals surface area contributed by atoms with Crippen molar-refractivity contribution >= 4 is 17.7 Å². The molecule has 1 aliphatic rings. The fourth-order valence-electron chi connectivity index (χ4n) is 2.42. The fraction of sp³-hybridized carbons (Fsp3) is 0.312. The van der Waals surface area contributed by atoms with E-state index in [1.807, 2.05) is 17.9 Å². The van der Waals surface area contributed by atoms with Crippen molar-refractivity contribution in [3.05, 3.63) is 53.6 Å². The van der Waals surface area contributed by atoms with E-state index in [4.69, 9.17) is 0 Å². The highest BCUT2D eigenvalue weighted by Gasteiger charge is 2.33.